The standard InChI is InChI=1S/C66H104N3O11P/c1-3-5-7-9-11-13-15-17-19-21-23-25-27-29-31-40-61(70)53-57(55-78-66(74)42-32-30-28-26-24-22-20-18-16-14-12-10-8-6-4-2)56-80-81(75,76)79-52-49-68-64(72)47-51-77-50-46-63(71)67-48-45-65(73)69-54-60-39-34-33-37-58(60)43-44-59-38-35-36-41-62(59)69/h34-39,41,57H,3-32,40,42,45-56H2,1-2H3,(H2-,67,68,71,72,75,76)/p+1. The maximum atomic E-state index is 13.4. The van der Waals surface area contributed by atoms with Crippen molar-refractivity contribution in [1.29, 1.82) is 0 Å². The number of unbranched alkanes of at least 4 members (excludes halogenated alkanes) is 28. The summed E-state index contributed by atoms with van der Waals surface area (Å²) in [6.45, 7) is 4.29. The van der Waals surface area contributed by atoms with Gasteiger partial charge in [0.15, 0.2) is 0 Å². The predicted molar refractivity (Wildman–Crippen MR) is 325 cm³/mol. The fourth-order valence-electron chi connectivity index (χ4n) is 9.99. The number of phosphoric ester groups is 1. The second-order valence-electron chi connectivity index (χ2n) is 22.2. The first-order valence-corrected chi connectivity index (χ1v) is 33.3. The number of fused-ring (bicyclic) bond motifs is 1. The first kappa shape index (κ1) is 70.8. The highest BCUT2D eigenvalue weighted by Gasteiger charge is 2.27. The molecule has 15 heteroatoms. The molecule has 1 aromatic rings. The lowest BCUT2D eigenvalue weighted by Gasteiger charge is -2.25. The van der Waals surface area contributed by atoms with Gasteiger partial charge in [-0.15, -0.1) is 0 Å². The van der Waals surface area contributed by atoms with E-state index in [1.54, 1.807) is 11.0 Å². The number of nitrogens with one attached hydrogen (secondary N) is 2. The van der Waals surface area contributed by atoms with E-state index in [4.69, 9.17) is 18.5 Å². The van der Waals surface area contributed by atoms with Gasteiger partial charge < -0.3 is 29.9 Å². The van der Waals surface area contributed by atoms with Crippen molar-refractivity contribution in [2.75, 3.05) is 57.6 Å². The van der Waals surface area contributed by atoms with Crippen molar-refractivity contribution < 1.29 is 52.0 Å². The van der Waals surface area contributed by atoms with Crippen LogP contribution in [0.5, 0.6) is 0 Å². The van der Waals surface area contributed by atoms with E-state index in [0.29, 0.717) is 18.7 Å². The third kappa shape index (κ3) is 36.7. The molecule has 2 aliphatic rings. The van der Waals surface area contributed by atoms with Crippen LogP contribution in [0.3, 0.4) is 0 Å². The highest BCUT2D eigenvalue weighted by Crippen LogP contribution is 2.43. The molecule has 0 saturated carbocycles. The minimum Gasteiger partial charge on any atom is -0.465 e. The summed E-state index contributed by atoms with van der Waals surface area (Å²) in [7, 11) is -4.58. The van der Waals surface area contributed by atoms with Crippen LogP contribution in [-0.4, -0.2) is 87.0 Å². The van der Waals surface area contributed by atoms with Gasteiger partial charge in [0.1, 0.15) is 23.5 Å². The van der Waals surface area contributed by atoms with Crippen LogP contribution in [0, 0.1) is 23.8 Å². The summed E-state index contributed by atoms with van der Waals surface area (Å²) in [6.07, 6.45) is 46.4. The molecule has 3 N–H and O–H groups in total. The van der Waals surface area contributed by atoms with Crippen molar-refractivity contribution >= 4 is 43.0 Å². The molecule has 3 rings (SSSR count). The Labute approximate surface area is 489 Å². The number of hydrogen-bond donors (Lipinski definition) is 3. The lowest BCUT2D eigenvalue weighted by Crippen LogP contribution is -2.37. The van der Waals surface area contributed by atoms with Crippen LogP contribution in [-0.2, 0) is 47.1 Å². The minimum absolute atomic E-state index is 0.00236. The molecule has 0 fully saturated rings. The minimum atomic E-state index is -4.58. The van der Waals surface area contributed by atoms with E-state index in [9.17, 15) is 33.4 Å². The Hall–Kier alpha value is -4.47. The molecule has 1 heterocycles. The molecule has 0 spiro atoms. The Balaban J connectivity index is 1.29. The lowest BCUT2D eigenvalue weighted by molar-refractivity contribution is -0.146. The van der Waals surface area contributed by atoms with Gasteiger partial charge in [0.05, 0.1) is 56.9 Å². The third-order valence-corrected chi connectivity index (χ3v) is 15.9. The highest BCUT2D eigenvalue weighted by molar-refractivity contribution is 7.47. The number of ketones is 1. The number of esters is 1. The van der Waals surface area contributed by atoms with E-state index in [-0.39, 0.29) is 108 Å². The maximum Gasteiger partial charge on any atom is 0.472 e. The van der Waals surface area contributed by atoms with Crippen LogP contribution in [0.4, 0.5) is 5.69 Å². The number of phosphoric acid groups is 1. The number of para-hydroxylation sites is 1. The Morgan fingerprint density at radius 1 is 0.605 bits per heavy atom. The number of allylic oxidation sites excluding steroid dienone is 4. The zero-order valence-electron chi connectivity index (χ0n) is 50.2. The molecule has 1 aromatic carbocycles. The van der Waals surface area contributed by atoms with Crippen LogP contribution in [0.15, 0.2) is 53.6 Å². The van der Waals surface area contributed by atoms with Crippen molar-refractivity contribution in [3.63, 3.8) is 0 Å². The number of carbonyl (C=O) groups is 5. The first-order chi connectivity index (χ1) is 39.5. The van der Waals surface area contributed by atoms with Crippen LogP contribution in [0.25, 0.3) is 0 Å². The molecule has 14 nitrogen and oxygen atoms in total. The molecule has 81 heavy (non-hydrogen) atoms. The van der Waals surface area contributed by atoms with E-state index in [2.05, 4.69) is 42.4 Å². The second kappa shape index (κ2) is 47.0. The number of amides is 3. The van der Waals surface area contributed by atoms with Gasteiger partial charge in [-0.2, -0.15) is 0 Å². The van der Waals surface area contributed by atoms with Gasteiger partial charge in [0.25, 0.3) is 0 Å². The number of ether oxygens (including phenoxy) is 2. The monoisotopic (exact) mass is 1150 g/mol. The number of nitrogens with zero attached hydrogens (tertiary/aromatic N) is 1. The molecule has 1 aliphatic carbocycles. The molecule has 0 saturated heterocycles. The number of benzene rings is 1. The predicted octanol–water partition coefficient (Wildman–Crippen LogP) is 14.8. The third-order valence-electron chi connectivity index (χ3n) is 14.9. The van der Waals surface area contributed by atoms with Crippen LogP contribution < -0.4 is 15.5 Å². The fourth-order valence-corrected chi connectivity index (χ4v) is 10.8. The average molecular weight is 1150 g/mol. The van der Waals surface area contributed by atoms with Gasteiger partial charge in [0.2, 0.25) is 17.7 Å². The van der Waals surface area contributed by atoms with Gasteiger partial charge in [0, 0.05) is 75.1 Å². The van der Waals surface area contributed by atoms with Crippen molar-refractivity contribution in [2.24, 2.45) is 5.92 Å². The molecule has 0 bridgehead atoms. The zero-order chi connectivity index (χ0) is 58.3. The number of Topliss-reactive ketones (excluding diaryl/α,β-unsaturated/α-hetero) is 1. The molecule has 3 amide bonds. The summed E-state index contributed by atoms with van der Waals surface area (Å²) in [5.41, 5.74) is 3.18. The smallest absolute Gasteiger partial charge is 0.465 e. The molecule has 0 radical (unpaired) electrons. The normalized spacial score (nSPS) is 13.7. The highest BCUT2D eigenvalue weighted by atomic mass is 31.2. The molecular weight excluding hydrogens is 1040 g/mol. The largest absolute Gasteiger partial charge is 0.472 e. The van der Waals surface area contributed by atoms with Crippen molar-refractivity contribution in [3.8, 4) is 11.8 Å². The van der Waals surface area contributed by atoms with E-state index < -0.39 is 13.7 Å². The molecule has 0 aromatic heterocycles. The molecular formula is C66H105N3O11P+. The van der Waals surface area contributed by atoms with E-state index in [0.717, 1.165) is 55.2 Å². The van der Waals surface area contributed by atoms with Crippen molar-refractivity contribution in [2.45, 2.75) is 245 Å². The summed E-state index contributed by atoms with van der Waals surface area (Å²) in [4.78, 5) is 76.5. The summed E-state index contributed by atoms with van der Waals surface area (Å²) in [6, 6.07) is 7.48. The number of hydrogen-bond acceptors (Lipinski definition) is 10. The lowest BCUT2D eigenvalue weighted by atomic mass is 9.99. The van der Waals surface area contributed by atoms with Gasteiger partial charge in [-0.25, -0.2) is 4.57 Å². The van der Waals surface area contributed by atoms with Gasteiger partial charge >= 0.3 is 13.8 Å². The number of rotatable bonds is 52. The van der Waals surface area contributed by atoms with E-state index in [1.165, 1.54) is 154 Å². The summed E-state index contributed by atoms with van der Waals surface area (Å²) in [5, 5.41) is 5.38. The van der Waals surface area contributed by atoms with Gasteiger partial charge in [-0.1, -0.05) is 206 Å². The Kier molecular flexibility index (Phi) is 41.0. The first-order valence-electron chi connectivity index (χ1n) is 31.8. The van der Waals surface area contributed by atoms with Crippen molar-refractivity contribution in [3.05, 3.63) is 65.3 Å². The topological polar surface area (TPSA) is 187 Å². The Morgan fingerprint density at radius 3 is 1.67 bits per heavy atom. The second-order valence-corrected chi connectivity index (χ2v) is 23.6. The SMILES string of the molecule is CCCCCCCCCCCCCCCCCC(=O)CC(COC(=O)CCCCCCCCCCCCCCCCC)COP(=O)(O)OCCNC(=O)CCOCCC(=O)NCCC(=O)N1CC2=C(C#Cc3ccccc31)C=[C+]C=C2. The van der Waals surface area contributed by atoms with E-state index >= 15 is 0 Å². The summed E-state index contributed by atoms with van der Waals surface area (Å²) in [5.74, 6) is 4.54. The van der Waals surface area contributed by atoms with Crippen LogP contribution in [0.1, 0.15) is 251 Å². The zero-order valence-corrected chi connectivity index (χ0v) is 51.1. The Morgan fingerprint density at radius 2 is 1.11 bits per heavy atom. The Bertz CT molecular complexity index is 2130. The molecule has 1 aliphatic heterocycles. The number of anilines is 1. The summed E-state index contributed by atoms with van der Waals surface area (Å²) >= 11 is 0. The van der Waals surface area contributed by atoms with E-state index in [1.807, 2.05) is 36.4 Å². The number of carbonyl (C=O) groups excluding carboxylic acids is 5. The quantitative estimate of drug-likeness (QED) is 0.0185. The van der Waals surface area contributed by atoms with Crippen molar-refractivity contribution in [1.82, 2.24) is 10.6 Å². The molecule has 454 valence electrons. The fraction of sp³-hybridized carbons (Fsp3) is 0.712. The molecule has 2 atom stereocenters. The van der Waals surface area contributed by atoms with Crippen LogP contribution in [0.2, 0.25) is 0 Å². The molecule has 2 unspecified atom stereocenters. The summed E-state index contributed by atoms with van der Waals surface area (Å²) < 4.78 is 34.4. The average Bonchev–Trinajstić information content (AvgIpc) is 3.63. The van der Waals surface area contributed by atoms with Crippen LogP contribution >= 0.6 is 7.82 Å². The maximum absolute atomic E-state index is 13.4. The van der Waals surface area contributed by atoms with Gasteiger partial charge in [-0.05, 0) is 30.9 Å². The van der Waals surface area contributed by atoms with Gasteiger partial charge in [-0.3, -0.25) is 33.0 Å².